The summed E-state index contributed by atoms with van der Waals surface area (Å²) in [6, 6.07) is 3.07. The van der Waals surface area contributed by atoms with E-state index in [1.165, 1.54) is 6.07 Å². The quantitative estimate of drug-likeness (QED) is 0.814. The number of hydrogen-bond acceptors (Lipinski definition) is 4. The van der Waals surface area contributed by atoms with E-state index in [1.807, 2.05) is 13.8 Å². The van der Waals surface area contributed by atoms with Crippen molar-refractivity contribution in [3.8, 4) is 5.69 Å². The minimum absolute atomic E-state index is 0.125. The van der Waals surface area contributed by atoms with Gasteiger partial charge in [-0.05, 0) is 40.5 Å². The number of benzene rings is 1. The second kappa shape index (κ2) is 6.57. The number of aryl methyl sites for hydroxylation is 2. The van der Waals surface area contributed by atoms with Crippen molar-refractivity contribution in [2.75, 3.05) is 5.75 Å². The summed E-state index contributed by atoms with van der Waals surface area (Å²) in [6.45, 7) is 3.77. The van der Waals surface area contributed by atoms with Gasteiger partial charge in [0, 0.05) is 6.42 Å². The van der Waals surface area contributed by atoms with Gasteiger partial charge in [-0.1, -0.05) is 18.7 Å². The normalized spacial score (nSPS) is 10.9. The summed E-state index contributed by atoms with van der Waals surface area (Å²) in [5.41, 5.74) is 1.46. The Morgan fingerprint density at radius 2 is 2.19 bits per heavy atom. The largest absolute Gasteiger partial charge is 0.481 e. The predicted molar refractivity (Wildman–Crippen MR) is 81.5 cm³/mol. The molecule has 0 saturated heterocycles. The van der Waals surface area contributed by atoms with Crippen LogP contribution in [0.1, 0.15) is 18.3 Å². The number of carbonyl (C=O) groups is 1. The molecular weight excluding hydrogens is 361 g/mol. The van der Waals surface area contributed by atoms with Crippen molar-refractivity contribution in [1.29, 1.82) is 0 Å². The molecule has 0 atom stereocenters. The van der Waals surface area contributed by atoms with Gasteiger partial charge in [-0.25, -0.2) is 4.39 Å². The number of aromatic nitrogens is 3. The molecule has 2 rings (SSSR count). The lowest BCUT2D eigenvalue weighted by Crippen LogP contribution is -2.06. The van der Waals surface area contributed by atoms with Crippen LogP contribution in [0.3, 0.4) is 0 Å². The van der Waals surface area contributed by atoms with Crippen LogP contribution in [0.25, 0.3) is 5.69 Å². The van der Waals surface area contributed by atoms with E-state index in [9.17, 15) is 9.18 Å². The van der Waals surface area contributed by atoms with Crippen molar-refractivity contribution in [3.63, 3.8) is 0 Å². The van der Waals surface area contributed by atoms with Gasteiger partial charge in [-0.15, -0.1) is 10.2 Å². The first-order valence-electron chi connectivity index (χ1n) is 6.19. The average Bonchev–Trinajstić information content (AvgIpc) is 2.83. The van der Waals surface area contributed by atoms with Crippen molar-refractivity contribution in [2.24, 2.45) is 0 Å². The third-order valence-electron chi connectivity index (χ3n) is 2.82. The lowest BCUT2D eigenvalue weighted by atomic mass is 10.2. The first kappa shape index (κ1) is 16.0. The molecule has 2 aromatic rings. The third kappa shape index (κ3) is 3.44. The Kier molecular flexibility index (Phi) is 5.00. The molecule has 1 heterocycles. The summed E-state index contributed by atoms with van der Waals surface area (Å²) >= 11 is 4.21. The van der Waals surface area contributed by atoms with Crippen molar-refractivity contribution in [3.05, 3.63) is 33.8 Å². The summed E-state index contributed by atoms with van der Waals surface area (Å²) in [7, 11) is 0. The van der Waals surface area contributed by atoms with E-state index in [0.717, 1.165) is 17.3 Å². The molecule has 5 nitrogen and oxygen atoms in total. The Hall–Kier alpha value is -1.41. The highest BCUT2D eigenvalue weighted by Crippen LogP contribution is 2.28. The SMILES string of the molecule is CCc1nnc(SCC(=O)O)n1-c1cc(F)c(Br)cc1C. The van der Waals surface area contributed by atoms with Crippen molar-refractivity contribution in [2.45, 2.75) is 25.4 Å². The highest BCUT2D eigenvalue weighted by molar-refractivity contribution is 9.10. The van der Waals surface area contributed by atoms with Crippen molar-refractivity contribution in [1.82, 2.24) is 14.8 Å². The van der Waals surface area contributed by atoms with E-state index in [1.54, 1.807) is 10.6 Å². The minimum atomic E-state index is -0.939. The molecule has 0 spiro atoms. The molecule has 0 aliphatic rings. The molecule has 0 unspecified atom stereocenters. The topological polar surface area (TPSA) is 68.0 Å². The van der Waals surface area contributed by atoms with Gasteiger partial charge in [-0.2, -0.15) is 0 Å². The van der Waals surface area contributed by atoms with Crippen molar-refractivity contribution >= 4 is 33.7 Å². The number of aliphatic carboxylic acids is 1. The standard InChI is InChI=1S/C13H13BrFN3O2S/c1-3-11-16-17-13(21-6-12(19)20)18(11)10-5-9(15)8(14)4-7(10)2/h4-5H,3,6H2,1-2H3,(H,19,20). The Labute approximate surface area is 133 Å². The Morgan fingerprint density at radius 1 is 1.48 bits per heavy atom. The van der Waals surface area contributed by atoms with E-state index in [2.05, 4.69) is 26.1 Å². The number of carboxylic acid groups (broad SMARTS) is 1. The maximum absolute atomic E-state index is 13.8. The number of thioether (sulfide) groups is 1. The minimum Gasteiger partial charge on any atom is -0.481 e. The zero-order valence-corrected chi connectivity index (χ0v) is 13.8. The summed E-state index contributed by atoms with van der Waals surface area (Å²) in [5.74, 6) is -0.792. The molecule has 0 aliphatic carbocycles. The second-order valence-corrected chi connectivity index (χ2v) is 6.12. The second-order valence-electron chi connectivity index (χ2n) is 4.32. The molecule has 1 aromatic carbocycles. The van der Waals surface area contributed by atoms with Gasteiger partial charge in [0.05, 0.1) is 15.9 Å². The first-order valence-corrected chi connectivity index (χ1v) is 7.96. The fraction of sp³-hybridized carbons (Fsp3) is 0.308. The number of halogens is 2. The Bertz CT molecular complexity index is 690. The molecular formula is C13H13BrFN3O2S. The lowest BCUT2D eigenvalue weighted by Gasteiger charge is -2.12. The molecule has 0 aliphatic heterocycles. The molecule has 0 saturated carbocycles. The number of hydrogen-bond donors (Lipinski definition) is 1. The van der Waals surface area contributed by atoms with Gasteiger partial charge >= 0.3 is 5.97 Å². The molecule has 1 aromatic heterocycles. The smallest absolute Gasteiger partial charge is 0.313 e. The Morgan fingerprint density at radius 3 is 2.81 bits per heavy atom. The van der Waals surface area contributed by atoms with E-state index in [0.29, 0.717) is 27.6 Å². The molecule has 1 N–H and O–H groups in total. The van der Waals surface area contributed by atoms with E-state index in [4.69, 9.17) is 5.11 Å². The first-order chi connectivity index (χ1) is 9.93. The van der Waals surface area contributed by atoms with Crippen LogP contribution >= 0.6 is 27.7 Å². The predicted octanol–water partition coefficient (Wildman–Crippen LogP) is 3.22. The van der Waals surface area contributed by atoms with Gasteiger partial charge in [0.15, 0.2) is 5.16 Å². The van der Waals surface area contributed by atoms with E-state index in [-0.39, 0.29) is 11.6 Å². The van der Waals surface area contributed by atoms with Gasteiger partial charge < -0.3 is 5.11 Å². The molecule has 112 valence electrons. The zero-order valence-electron chi connectivity index (χ0n) is 11.4. The maximum atomic E-state index is 13.8. The monoisotopic (exact) mass is 373 g/mol. The highest BCUT2D eigenvalue weighted by Gasteiger charge is 2.17. The summed E-state index contributed by atoms with van der Waals surface area (Å²) in [6.07, 6.45) is 0.609. The number of nitrogens with zero attached hydrogens (tertiary/aromatic N) is 3. The van der Waals surface area contributed by atoms with Gasteiger partial charge in [0.2, 0.25) is 0 Å². The van der Waals surface area contributed by atoms with Crippen LogP contribution in [-0.2, 0) is 11.2 Å². The van der Waals surface area contributed by atoms with Crippen LogP contribution < -0.4 is 0 Å². The van der Waals surface area contributed by atoms with Crippen LogP contribution in [-0.4, -0.2) is 31.6 Å². The zero-order chi connectivity index (χ0) is 15.6. The summed E-state index contributed by atoms with van der Waals surface area (Å²) in [5, 5.41) is 17.3. The third-order valence-corrected chi connectivity index (χ3v) is 4.34. The van der Waals surface area contributed by atoms with Crippen LogP contribution in [0, 0.1) is 12.7 Å². The lowest BCUT2D eigenvalue weighted by molar-refractivity contribution is -0.133. The Balaban J connectivity index is 2.53. The van der Waals surface area contributed by atoms with Crippen LogP contribution in [0.4, 0.5) is 4.39 Å². The fourth-order valence-corrected chi connectivity index (χ4v) is 3.01. The van der Waals surface area contributed by atoms with Gasteiger partial charge in [0.1, 0.15) is 11.6 Å². The highest BCUT2D eigenvalue weighted by atomic mass is 79.9. The molecule has 0 radical (unpaired) electrons. The molecule has 0 amide bonds. The van der Waals surface area contributed by atoms with Crippen LogP contribution in [0.5, 0.6) is 0 Å². The summed E-state index contributed by atoms with van der Waals surface area (Å²) < 4.78 is 15.9. The van der Waals surface area contributed by atoms with E-state index >= 15 is 0 Å². The van der Waals surface area contributed by atoms with Crippen LogP contribution in [0.2, 0.25) is 0 Å². The summed E-state index contributed by atoms with van der Waals surface area (Å²) in [4.78, 5) is 10.7. The van der Waals surface area contributed by atoms with Crippen LogP contribution in [0.15, 0.2) is 21.8 Å². The fourth-order valence-electron chi connectivity index (χ4n) is 1.87. The van der Waals surface area contributed by atoms with Crippen molar-refractivity contribution < 1.29 is 14.3 Å². The van der Waals surface area contributed by atoms with Gasteiger partial charge in [0.25, 0.3) is 0 Å². The van der Waals surface area contributed by atoms with Gasteiger partial charge in [-0.3, -0.25) is 9.36 Å². The molecule has 21 heavy (non-hydrogen) atoms. The average molecular weight is 374 g/mol. The maximum Gasteiger partial charge on any atom is 0.313 e. The number of rotatable bonds is 5. The molecule has 8 heteroatoms. The molecule has 0 bridgehead atoms. The molecule has 0 fully saturated rings. The number of carboxylic acids is 1. The van der Waals surface area contributed by atoms with E-state index < -0.39 is 5.97 Å².